The van der Waals surface area contributed by atoms with Crippen molar-refractivity contribution in [2.45, 2.75) is 31.7 Å². The summed E-state index contributed by atoms with van der Waals surface area (Å²) in [6.07, 6.45) is 0.903. The number of piperidine rings is 1. The zero-order chi connectivity index (χ0) is 24.6. The second-order valence-corrected chi connectivity index (χ2v) is 8.25. The van der Waals surface area contributed by atoms with E-state index in [0.29, 0.717) is 18.4 Å². The van der Waals surface area contributed by atoms with Gasteiger partial charge in [0, 0.05) is 25.6 Å². The minimum atomic E-state index is -1.11. The number of carbonyl (C=O) groups excluding carboxylic acids is 5. The third-order valence-electron chi connectivity index (χ3n) is 6.01. The molecule has 2 aliphatic heterocycles. The predicted octanol–water partition coefficient (Wildman–Crippen LogP) is 2.07. The molecule has 34 heavy (non-hydrogen) atoms. The third kappa shape index (κ3) is 4.18. The quantitative estimate of drug-likeness (QED) is 0.653. The van der Waals surface area contributed by atoms with Gasteiger partial charge in [0.2, 0.25) is 11.8 Å². The number of imide groups is 2. The van der Waals surface area contributed by atoms with Crippen LogP contribution in [0.5, 0.6) is 0 Å². The highest BCUT2D eigenvalue weighted by Gasteiger charge is 2.45. The molecule has 0 spiro atoms. The number of hydrogen-bond donors (Lipinski definition) is 1. The summed E-state index contributed by atoms with van der Waals surface area (Å²) in [5.74, 6) is -4.92. The number of aryl methyl sites for hydroxylation is 1. The van der Waals surface area contributed by atoms with Crippen LogP contribution in [0.3, 0.4) is 0 Å². The normalized spacial score (nSPS) is 17.6. The molecule has 1 N–H and O–H groups in total. The molecule has 1 atom stereocenters. The fraction of sp³-hybridized carbons (Fsp3) is 0.292. The van der Waals surface area contributed by atoms with Crippen molar-refractivity contribution in [1.82, 2.24) is 15.1 Å². The zero-order valence-corrected chi connectivity index (χ0v) is 18.3. The molecule has 0 bridgehead atoms. The highest BCUT2D eigenvalue weighted by molar-refractivity contribution is 6.24. The van der Waals surface area contributed by atoms with Gasteiger partial charge < -0.3 is 4.90 Å². The maximum Gasteiger partial charge on any atom is 0.262 e. The van der Waals surface area contributed by atoms with Crippen molar-refractivity contribution < 1.29 is 32.8 Å². The second kappa shape index (κ2) is 9.12. The summed E-state index contributed by atoms with van der Waals surface area (Å²) >= 11 is 0. The molecule has 1 saturated heterocycles. The van der Waals surface area contributed by atoms with Gasteiger partial charge in [0.15, 0.2) is 11.6 Å². The lowest BCUT2D eigenvalue weighted by atomic mass is 9.99. The van der Waals surface area contributed by atoms with E-state index in [-0.39, 0.29) is 36.1 Å². The van der Waals surface area contributed by atoms with Crippen molar-refractivity contribution in [3.8, 4) is 0 Å². The van der Waals surface area contributed by atoms with E-state index < -0.39 is 47.2 Å². The average Bonchev–Trinajstić information content (AvgIpc) is 3.06. The molecule has 4 rings (SSSR count). The second-order valence-electron chi connectivity index (χ2n) is 8.25. The molecule has 0 radical (unpaired) electrons. The topological polar surface area (TPSA) is 104 Å². The van der Waals surface area contributed by atoms with Gasteiger partial charge in [-0.25, -0.2) is 8.78 Å². The van der Waals surface area contributed by atoms with Crippen LogP contribution >= 0.6 is 0 Å². The van der Waals surface area contributed by atoms with Gasteiger partial charge in [0.25, 0.3) is 17.7 Å². The van der Waals surface area contributed by atoms with Gasteiger partial charge in [-0.1, -0.05) is 12.1 Å². The molecule has 2 aromatic rings. The summed E-state index contributed by atoms with van der Waals surface area (Å²) in [5.41, 5.74) is 1.02. The van der Waals surface area contributed by atoms with Crippen LogP contribution in [0.2, 0.25) is 0 Å². The van der Waals surface area contributed by atoms with E-state index in [1.54, 1.807) is 12.1 Å². The van der Waals surface area contributed by atoms with E-state index in [4.69, 9.17) is 0 Å². The maximum absolute atomic E-state index is 13.4. The van der Waals surface area contributed by atoms with Gasteiger partial charge in [-0.2, -0.15) is 0 Å². The summed E-state index contributed by atoms with van der Waals surface area (Å²) in [5, 5.41) is 2.16. The maximum atomic E-state index is 13.4. The minimum Gasteiger partial charge on any atom is -0.342 e. The van der Waals surface area contributed by atoms with Crippen molar-refractivity contribution in [3.05, 3.63) is 70.3 Å². The Morgan fingerprint density at radius 2 is 1.85 bits per heavy atom. The number of amides is 5. The molecule has 2 aromatic carbocycles. The molecule has 8 nitrogen and oxygen atoms in total. The molecule has 0 aliphatic carbocycles. The molecule has 10 heteroatoms. The standard InChI is InChI=1S/C24H21F2N3O5/c1-28(22(32)14-7-8-16(25)17(26)12-14)11-3-5-13-4-2-6-15-20(13)24(34)29(23(15)33)18-9-10-19(30)27-21(18)31/h2,4,6-8,12,18H,3,5,9-11H2,1H3,(H,27,30,31). The van der Waals surface area contributed by atoms with Crippen LogP contribution in [0.4, 0.5) is 8.78 Å². The summed E-state index contributed by atoms with van der Waals surface area (Å²) < 4.78 is 26.5. The molecule has 0 saturated carbocycles. The molecule has 176 valence electrons. The molecular formula is C24H21F2N3O5. The Morgan fingerprint density at radius 1 is 1.09 bits per heavy atom. The Balaban J connectivity index is 1.45. The summed E-state index contributed by atoms with van der Waals surface area (Å²) in [6.45, 7) is 0.264. The van der Waals surface area contributed by atoms with Crippen molar-refractivity contribution >= 4 is 29.5 Å². The summed E-state index contributed by atoms with van der Waals surface area (Å²) in [4.78, 5) is 64.4. The molecule has 1 unspecified atom stereocenters. The first kappa shape index (κ1) is 23.2. The fourth-order valence-corrected chi connectivity index (χ4v) is 4.25. The number of carbonyl (C=O) groups is 5. The van der Waals surface area contributed by atoms with Crippen LogP contribution < -0.4 is 5.32 Å². The fourth-order valence-electron chi connectivity index (χ4n) is 4.25. The first-order valence-electron chi connectivity index (χ1n) is 10.7. The van der Waals surface area contributed by atoms with Crippen LogP contribution in [0.25, 0.3) is 0 Å². The van der Waals surface area contributed by atoms with Gasteiger partial charge in [0.05, 0.1) is 11.1 Å². The number of nitrogens with one attached hydrogen (secondary N) is 1. The minimum absolute atomic E-state index is 0.0164. The Morgan fingerprint density at radius 3 is 2.56 bits per heavy atom. The summed E-state index contributed by atoms with van der Waals surface area (Å²) in [6, 6.07) is 6.75. The number of nitrogens with zero attached hydrogens (tertiary/aromatic N) is 2. The summed E-state index contributed by atoms with van der Waals surface area (Å²) in [7, 11) is 1.53. The average molecular weight is 469 g/mol. The Kier molecular flexibility index (Phi) is 6.23. The predicted molar refractivity (Wildman–Crippen MR) is 115 cm³/mol. The Bertz CT molecular complexity index is 1230. The van der Waals surface area contributed by atoms with Gasteiger partial charge >= 0.3 is 0 Å². The molecule has 2 aliphatic rings. The van der Waals surface area contributed by atoms with E-state index in [1.165, 1.54) is 24.1 Å². The number of rotatable bonds is 6. The van der Waals surface area contributed by atoms with Crippen LogP contribution in [0.1, 0.15) is 55.9 Å². The Labute approximate surface area is 193 Å². The lowest BCUT2D eigenvalue weighted by Gasteiger charge is -2.27. The number of hydrogen-bond acceptors (Lipinski definition) is 5. The highest BCUT2D eigenvalue weighted by Crippen LogP contribution is 2.30. The number of halogens is 2. The monoisotopic (exact) mass is 469 g/mol. The van der Waals surface area contributed by atoms with Crippen molar-refractivity contribution in [2.24, 2.45) is 0 Å². The van der Waals surface area contributed by atoms with Crippen LogP contribution in [-0.2, 0) is 16.0 Å². The smallest absolute Gasteiger partial charge is 0.262 e. The van der Waals surface area contributed by atoms with Crippen LogP contribution in [0.15, 0.2) is 36.4 Å². The van der Waals surface area contributed by atoms with Crippen LogP contribution in [-0.4, -0.2) is 59.0 Å². The molecular weight excluding hydrogens is 448 g/mol. The SMILES string of the molecule is CN(CCCc1cccc2c1C(=O)N(C1CCC(=O)NC1=O)C2=O)C(=O)c1ccc(F)c(F)c1. The van der Waals surface area contributed by atoms with E-state index in [2.05, 4.69) is 5.32 Å². The van der Waals surface area contributed by atoms with Crippen molar-refractivity contribution in [3.63, 3.8) is 0 Å². The van der Waals surface area contributed by atoms with Crippen molar-refractivity contribution in [1.29, 1.82) is 0 Å². The van der Waals surface area contributed by atoms with Gasteiger partial charge in [-0.05, 0) is 49.1 Å². The van der Waals surface area contributed by atoms with E-state index in [9.17, 15) is 32.8 Å². The van der Waals surface area contributed by atoms with Crippen LogP contribution in [0, 0.1) is 11.6 Å². The van der Waals surface area contributed by atoms with Crippen molar-refractivity contribution in [2.75, 3.05) is 13.6 Å². The van der Waals surface area contributed by atoms with E-state index in [0.717, 1.165) is 17.0 Å². The lowest BCUT2D eigenvalue weighted by molar-refractivity contribution is -0.136. The largest absolute Gasteiger partial charge is 0.342 e. The lowest BCUT2D eigenvalue weighted by Crippen LogP contribution is -2.54. The first-order chi connectivity index (χ1) is 16.2. The molecule has 0 aromatic heterocycles. The molecule has 2 heterocycles. The van der Waals surface area contributed by atoms with Gasteiger partial charge in [-0.15, -0.1) is 0 Å². The Hall–Kier alpha value is -3.95. The molecule has 5 amide bonds. The number of fused-ring (bicyclic) bond motifs is 1. The first-order valence-corrected chi connectivity index (χ1v) is 10.7. The van der Waals surface area contributed by atoms with Gasteiger partial charge in [0.1, 0.15) is 6.04 Å². The number of benzene rings is 2. The van der Waals surface area contributed by atoms with Gasteiger partial charge in [-0.3, -0.25) is 34.2 Å². The zero-order valence-electron chi connectivity index (χ0n) is 18.3. The van der Waals surface area contributed by atoms with E-state index in [1.807, 2.05) is 0 Å². The highest BCUT2D eigenvalue weighted by atomic mass is 19.2. The third-order valence-corrected chi connectivity index (χ3v) is 6.01. The molecule has 1 fully saturated rings. The van der Waals surface area contributed by atoms with E-state index >= 15 is 0 Å².